The lowest BCUT2D eigenvalue weighted by atomic mass is 10.0. The average molecular weight is 695 g/mol. The van der Waals surface area contributed by atoms with Gasteiger partial charge >= 0.3 is 11.9 Å². The molecular weight excluding hydrogens is 617 g/mol. The molecule has 0 heterocycles. The number of rotatable bonds is 37. The van der Waals surface area contributed by atoms with E-state index in [1.165, 1.54) is 70.6 Å². The second-order valence-electron chi connectivity index (χ2n) is 13.8. The van der Waals surface area contributed by atoms with Gasteiger partial charge in [-0.15, -0.1) is 0 Å². The van der Waals surface area contributed by atoms with Crippen LogP contribution in [0.1, 0.15) is 200 Å². The summed E-state index contributed by atoms with van der Waals surface area (Å²) in [5.41, 5.74) is 0. The Balaban J connectivity index is 4.20. The minimum absolute atomic E-state index is 0.00716. The van der Waals surface area contributed by atoms with E-state index in [4.69, 9.17) is 9.84 Å². The van der Waals surface area contributed by atoms with Gasteiger partial charge in [-0.3, -0.25) is 9.59 Å². The van der Waals surface area contributed by atoms with Crippen molar-refractivity contribution in [2.45, 2.75) is 206 Å². The standard InChI is InChI=1S/C46H78O4/c1-3-5-7-9-11-13-15-17-19-20-22-24-26-28-30-35-39-43-46(49)50-44(41-37-33-31-34-38-42-45(47)48)40-36-32-29-27-25-23-21-18-16-14-12-10-8-6-4-2/h5,7,11,13,17,19,22-25,28,30,44H,3-4,6,8-10,12,14-16,18,20-21,26-27,29,31-43H2,1-2H3,(H,47,48)/b7-5-,13-11-,19-17-,24-22-,25-23-,30-28-. The lowest BCUT2D eigenvalue weighted by molar-refractivity contribution is -0.150. The zero-order valence-electron chi connectivity index (χ0n) is 32.7. The van der Waals surface area contributed by atoms with E-state index < -0.39 is 5.97 Å². The molecule has 1 unspecified atom stereocenters. The quantitative estimate of drug-likeness (QED) is 0.0399. The smallest absolute Gasteiger partial charge is 0.306 e. The molecule has 0 fully saturated rings. The molecule has 0 spiro atoms. The molecule has 0 rings (SSSR count). The Labute approximate surface area is 309 Å². The highest BCUT2D eigenvalue weighted by molar-refractivity contribution is 5.69. The summed E-state index contributed by atoms with van der Waals surface area (Å²) in [6.45, 7) is 4.43. The first-order valence-corrected chi connectivity index (χ1v) is 20.9. The van der Waals surface area contributed by atoms with Crippen LogP contribution in [0.25, 0.3) is 0 Å². The molecule has 4 nitrogen and oxygen atoms in total. The van der Waals surface area contributed by atoms with E-state index in [2.05, 4.69) is 86.8 Å². The lowest BCUT2D eigenvalue weighted by Gasteiger charge is -2.18. The Hall–Kier alpha value is -2.62. The summed E-state index contributed by atoms with van der Waals surface area (Å²) in [6, 6.07) is 0. The number of carbonyl (C=O) groups is 2. The van der Waals surface area contributed by atoms with Crippen molar-refractivity contribution in [3.63, 3.8) is 0 Å². The number of carboxylic acids is 1. The van der Waals surface area contributed by atoms with Gasteiger partial charge in [0.2, 0.25) is 0 Å². The summed E-state index contributed by atoms with van der Waals surface area (Å²) in [5, 5.41) is 8.83. The van der Waals surface area contributed by atoms with Crippen molar-refractivity contribution in [1.29, 1.82) is 0 Å². The molecule has 1 atom stereocenters. The molecule has 0 bridgehead atoms. The van der Waals surface area contributed by atoms with Gasteiger partial charge in [0.25, 0.3) is 0 Å². The molecule has 286 valence electrons. The summed E-state index contributed by atoms with van der Waals surface area (Å²) in [6.07, 6.45) is 57.8. The largest absolute Gasteiger partial charge is 0.481 e. The van der Waals surface area contributed by atoms with Gasteiger partial charge < -0.3 is 9.84 Å². The number of esters is 1. The Kier molecular flexibility index (Phi) is 38.7. The van der Waals surface area contributed by atoms with Gasteiger partial charge in [-0.05, 0) is 103 Å². The number of allylic oxidation sites excluding steroid dienone is 12. The van der Waals surface area contributed by atoms with Gasteiger partial charge in [-0.25, -0.2) is 0 Å². The van der Waals surface area contributed by atoms with E-state index >= 15 is 0 Å². The normalized spacial score (nSPS) is 13.0. The number of aliphatic carboxylic acids is 1. The maximum absolute atomic E-state index is 12.7. The van der Waals surface area contributed by atoms with Crippen molar-refractivity contribution in [2.24, 2.45) is 0 Å². The molecule has 0 aliphatic rings. The first-order valence-electron chi connectivity index (χ1n) is 20.9. The van der Waals surface area contributed by atoms with Gasteiger partial charge in [-0.1, -0.05) is 157 Å². The van der Waals surface area contributed by atoms with Crippen LogP contribution >= 0.6 is 0 Å². The maximum atomic E-state index is 12.7. The van der Waals surface area contributed by atoms with Crippen molar-refractivity contribution in [1.82, 2.24) is 0 Å². The van der Waals surface area contributed by atoms with E-state index in [0.717, 1.165) is 103 Å². The molecule has 0 radical (unpaired) electrons. The van der Waals surface area contributed by atoms with Crippen molar-refractivity contribution in [3.8, 4) is 0 Å². The van der Waals surface area contributed by atoms with Crippen LogP contribution in [0.15, 0.2) is 72.9 Å². The number of hydrogen-bond acceptors (Lipinski definition) is 3. The number of ether oxygens (including phenoxy) is 1. The van der Waals surface area contributed by atoms with Crippen molar-refractivity contribution >= 4 is 11.9 Å². The van der Waals surface area contributed by atoms with Crippen LogP contribution in [0.5, 0.6) is 0 Å². The van der Waals surface area contributed by atoms with E-state index in [1.807, 2.05) is 0 Å². The van der Waals surface area contributed by atoms with Gasteiger partial charge in [0.15, 0.2) is 0 Å². The number of carbonyl (C=O) groups excluding carboxylic acids is 1. The van der Waals surface area contributed by atoms with Crippen molar-refractivity contribution < 1.29 is 19.4 Å². The Morgan fingerprint density at radius 3 is 1.38 bits per heavy atom. The van der Waals surface area contributed by atoms with Crippen molar-refractivity contribution in [2.75, 3.05) is 0 Å². The van der Waals surface area contributed by atoms with E-state index in [0.29, 0.717) is 6.42 Å². The lowest BCUT2D eigenvalue weighted by Crippen LogP contribution is -2.18. The zero-order chi connectivity index (χ0) is 36.4. The summed E-state index contributed by atoms with van der Waals surface area (Å²) in [7, 11) is 0. The van der Waals surface area contributed by atoms with Gasteiger partial charge in [0, 0.05) is 12.8 Å². The van der Waals surface area contributed by atoms with Crippen LogP contribution in [0.2, 0.25) is 0 Å². The molecule has 0 amide bonds. The fraction of sp³-hybridized carbons (Fsp3) is 0.696. The highest BCUT2D eigenvalue weighted by Gasteiger charge is 2.14. The molecule has 0 saturated heterocycles. The van der Waals surface area contributed by atoms with Crippen LogP contribution in [0.3, 0.4) is 0 Å². The highest BCUT2D eigenvalue weighted by Crippen LogP contribution is 2.18. The maximum Gasteiger partial charge on any atom is 0.306 e. The minimum Gasteiger partial charge on any atom is -0.481 e. The predicted molar refractivity (Wildman–Crippen MR) is 218 cm³/mol. The Bertz CT molecular complexity index is 922. The van der Waals surface area contributed by atoms with Crippen LogP contribution < -0.4 is 0 Å². The predicted octanol–water partition coefficient (Wildman–Crippen LogP) is 14.7. The SMILES string of the molecule is CC/C=C\C/C=C\C/C=C\C/C=C\C/C=C\CCCC(=O)OC(CCCCC/C=C\CCCCCCCCCC)CCCCCCCC(=O)O. The minimum atomic E-state index is -0.711. The molecule has 1 N–H and O–H groups in total. The number of hydrogen-bond donors (Lipinski definition) is 1. The van der Waals surface area contributed by atoms with Crippen molar-refractivity contribution in [3.05, 3.63) is 72.9 Å². The van der Waals surface area contributed by atoms with E-state index in [9.17, 15) is 9.59 Å². The first kappa shape index (κ1) is 47.4. The second-order valence-corrected chi connectivity index (χ2v) is 13.8. The van der Waals surface area contributed by atoms with Crippen LogP contribution in [0.4, 0.5) is 0 Å². The summed E-state index contributed by atoms with van der Waals surface area (Å²) < 4.78 is 5.98. The Morgan fingerprint density at radius 2 is 0.860 bits per heavy atom. The topological polar surface area (TPSA) is 63.6 Å². The third-order valence-corrected chi connectivity index (χ3v) is 8.91. The Morgan fingerprint density at radius 1 is 0.460 bits per heavy atom. The van der Waals surface area contributed by atoms with Crippen LogP contribution in [-0.4, -0.2) is 23.1 Å². The molecule has 0 saturated carbocycles. The first-order chi connectivity index (χ1) is 24.6. The summed E-state index contributed by atoms with van der Waals surface area (Å²) in [5.74, 6) is -0.773. The summed E-state index contributed by atoms with van der Waals surface area (Å²) >= 11 is 0. The third kappa shape index (κ3) is 39.8. The second kappa shape index (κ2) is 40.8. The van der Waals surface area contributed by atoms with Crippen LogP contribution in [-0.2, 0) is 14.3 Å². The molecule has 0 aromatic rings. The summed E-state index contributed by atoms with van der Waals surface area (Å²) in [4.78, 5) is 23.4. The molecule has 50 heavy (non-hydrogen) atoms. The van der Waals surface area contributed by atoms with Gasteiger partial charge in [0.1, 0.15) is 6.10 Å². The van der Waals surface area contributed by atoms with Gasteiger partial charge in [-0.2, -0.15) is 0 Å². The third-order valence-electron chi connectivity index (χ3n) is 8.91. The number of unbranched alkanes of at least 4 members (excludes halogenated alkanes) is 16. The van der Waals surface area contributed by atoms with E-state index in [1.54, 1.807) is 0 Å². The average Bonchev–Trinajstić information content (AvgIpc) is 3.10. The zero-order valence-corrected chi connectivity index (χ0v) is 32.7. The molecular formula is C46H78O4. The van der Waals surface area contributed by atoms with E-state index in [-0.39, 0.29) is 18.5 Å². The fourth-order valence-electron chi connectivity index (χ4n) is 5.86. The number of carboxylic acid groups (broad SMARTS) is 1. The monoisotopic (exact) mass is 695 g/mol. The molecule has 4 heteroatoms. The van der Waals surface area contributed by atoms with Gasteiger partial charge in [0.05, 0.1) is 0 Å². The fourth-order valence-corrected chi connectivity index (χ4v) is 5.86. The highest BCUT2D eigenvalue weighted by atomic mass is 16.5. The molecule has 0 aliphatic heterocycles. The molecule has 0 aliphatic carbocycles. The molecule has 0 aromatic carbocycles. The molecule has 0 aromatic heterocycles. The van der Waals surface area contributed by atoms with Crippen LogP contribution in [0, 0.1) is 0 Å².